The summed E-state index contributed by atoms with van der Waals surface area (Å²) in [4.78, 5) is 13.6. The fourth-order valence-corrected chi connectivity index (χ4v) is 6.62. The number of nitrogens with one attached hydrogen (secondary N) is 1. The standard InChI is InChI=1S/C28H29ClN2O4S/c1-2-24(21-13-12-19-8-6-7-9-20(19)16-21)30-28(32)27-18-31(25-17-22(29)14-15-26(25)35-27)36(33,34)23-10-4-3-5-11-23/h3-5,10-17,24,27H,2,6-9,18H2,1H3,(H,30,32)/t24-,27-/m0/s1. The van der Waals surface area contributed by atoms with Gasteiger partial charge in [-0.05, 0) is 79.1 Å². The van der Waals surface area contributed by atoms with Crippen molar-refractivity contribution in [2.45, 2.75) is 56.1 Å². The van der Waals surface area contributed by atoms with Crippen molar-refractivity contribution in [2.24, 2.45) is 0 Å². The summed E-state index contributed by atoms with van der Waals surface area (Å²) in [6.07, 6.45) is 4.26. The summed E-state index contributed by atoms with van der Waals surface area (Å²) in [5.41, 5.74) is 4.12. The average Bonchev–Trinajstić information content (AvgIpc) is 2.91. The highest BCUT2D eigenvalue weighted by Gasteiger charge is 2.38. The molecule has 0 saturated heterocycles. The average molecular weight is 525 g/mol. The van der Waals surface area contributed by atoms with Gasteiger partial charge in [0.1, 0.15) is 5.75 Å². The molecule has 1 amide bonds. The first-order valence-electron chi connectivity index (χ1n) is 12.3. The highest BCUT2D eigenvalue weighted by atomic mass is 35.5. The van der Waals surface area contributed by atoms with Crippen LogP contribution in [-0.2, 0) is 27.7 Å². The lowest BCUT2D eigenvalue weighted by atomic mass is 9.88. The number of benzene rings is 3. The van der Waals surface area contributed by atoms with Crippen molar-refractivity contribution in [3.05, 3.63) is 88.4 Å². The number of hydrogen-bond donors (Lipinski definition) is 1. The van der Waals surface area contributed by atoms with Crippen molar-refractivity contribution in [3.8, 4) is 5.75 Å². The van der Waals surface area contributed by atoms with Crippen LogP contribution in [-0.4, -0.2) is 27.0 Å². The monoisotopic (exact) mass is 524 g/mol. The number of ether oxygens (including phenoxy) is 1. The molecule has 5 rings (SSSR count). The van der Waals surface area contributed by atoms with E-state index in [9.17, 15) is 13.2 Å². The number of anilines is 1. The highest BCUT2D eigenvalue weighted by molar-refractivity contribution is 7.92. The molecule has 36 heavy (non-hydrogen) atoms. The van der Waals surface area contributed by atoms with Gasteiger partial charge in [-0.2, -0.15) is 0 Å². The number of carbonyl (C=O) groups excluding carboxylic acids is 1. The molecule has 3 aromatic carbocycles. The number of fused-ring (bicyclic) bond motifs is 2. The Labute approximate surface area is 217 Å². The van der Waals surface area contributed by atoms with Crippen LogP contribution in [0.1, 0.15) is 48.9 Å². The zero-order valence-corrected chi connectivity index (χ0v) is 21.7. The largest absolute Gasteiger partial charge is 0.476 e. The van der Waals surface area contributed by atoms with Gasteiger partial charge in [-0.15, -0.1) is 0 Å². The summed E-state index contributed by atoms with van der Waals surface area (Å²) in [6, 6.07) is 19.2. The van der Waals surface area contributed by atoms with E-state index in [2.05, 4.69) is 23.5 Å². The Morgan fingerprint density at radius 3 is 2.56 bits per heavy atom. The molecule has 0 unspecified atom stereocenters. The zero-order valence-electron chi connectivity index (χ0n) is 20.1. The molecular formula is C28H29ClN2O4S. The number of aryl methyl sites for hydroxylation is 2. The van der Waals surface area contributed by atoms with E-state index in [1.54, 1.807) is 36.4 Å². The summed E-state index contributed by atoms with van der Waals surface area (Å²) < 4.78 is 34.3. The summed E-state index contributed by atoms with van der Waals surface area (Å²) >= 11 is 6.19. The maximum absolute atomic E-state index is 13.6. The van der Waals surface area contributed by atoms with Crippen LogP contribution in [0.2, 0.25) is 5.02 Å². The van der Waals surface area contributed by atoms with Crippen molar-refractivity contribution in [3.63, 3.8) is 0 Å². The minimum absolute atomic E-state index is 0.137. The van der Waals surface area contributed by atoms with E-state index in [1.165, 1.54) is 40.4 Å². The van der Waals surface area contributed by atoms with Crippen molar-refractivity contribution in [1.82, 2.24) is 5.32 Å². The number of hydrogen-bond acceptors (Lipinski definition) is 4. The van der Waals surface area contributed by atoms with Crippen LogP contribution in [0.3, 0.4) is 0 Å². The zero-order chi connectivity index (χ0) is 25.3. The summed E-state index contributed by atoms with van der Waals surface area (Å²) in [6.45, 7) is 1.87. The summed E-state index contributed by atoms with van der Waals surface area (Å²) in [5, 5.41) is 3.48. The van der Waals surface area contributed by atoms with Gasteiger partial charge in [0, 0.05) is 5.02 Å². The maximum atomic E-state index is 13.6. The molecule has 188 valence electrons. The van der Waals surface area contributed by atoms with Crippen LogP contribution >= 0.6 is 11.6 Å². The Morgan fingerprint density at radius 2 is 1.81 bits per heavy atom. The fourth-order valence-electron chi connectivity index (χ4n) is 4.96. The lowest BCUT2D eigenvalue weighted by Crippen LogP contribution is -2.51. The Hall–Kier alpha value is -3.03. The molecule has 2 aliphatic rings. The predicted molar refractivity (Wildman–Crippen MR) is 141 cm³/mol. The van der Waals surface area contributed by atoms with Crippen LogP contribution in [0, 0.1) is 0 Å². The Morgan fingerprint density at radius 1 is 1.06 bits per heavy atom. The SMILES string of the molecule is CC[C@H](NC(=O)[C@@H]1CN(S(=O)(=O)c2ccccc2)c2cc(Cl)ccc2O1)c1ccc2c(c1)CCCC2. The van der Waals surface area contributed by atoms with Crippen LogP contribution in [0.4, 0.5) is 5.69 Å². The normalized spacial score (nSPS) is 17.9. The molecule has 1 N–H and O–H groups in total. The Bertz CT molecular complexity index is 1380. The van der Waals surface area contributed by atoms with Crippen molar-refractivity contribution in [2.75, 3.05) is 10.8 Å². The summed E-state index contributed by atoms with van der Waals surface area (Å²) in [5.74, 6) is -0.0550. The van der Waals surface area contributed by atoms with Gasteiger partial charge in [0.15, 0.2) is 6.10 Å². The minimum Gasteiger partial charge on any atom is -0.476 e. The quantitative estimate of drug-likeness (QED) is 0.465. The molecule has 1 heterocycles. The summed E-state index contributed by atoms with van der Waals surface area (Å²) in [7, 11) is -3.94. The number of rotatable bonds is 6. The number of carbonyl (C=O) groups is 1. The Balaban J connectivity index is 1.42. The molecule has 0 aromatic heterocycles. The lowest BCUT2D eigenvalue weighted by Gasteiger charge is -2.35. The van der Waals surface area contributed by atoms with Gasteiger partial charge in [0.25, 0.3) is 15.9 Å². The number of sulfonamides is 1. The molecule has 3 aromatic rings. The lowest BCUT2D eigenvalue weighted by molar-refractivity contribution is -0.128. The van der Waals surface area contributed by atoms with E-state index in [-0.39, 0.29) is 23.4 Å². The van der Waals surface area contributed by atoms with E-state index in [4.69, 9.17) is 16.3 Å². The Kier molecular flexibility index (Phi) is 6.95. The van der Waals surface area contributed by atoms with Crippen LogP contribution in [0.5, 0.6) is 5.75 Å². The van der Waals surface area contributed by atoms with E-state index in [0.717, 1.165) is 18.4 Å². The molecule has 0 saturated carbocycles. The predicted octanol–water partition coefficient (Wildman–Crippen LogP) is 5.44. The molecule has 6 nitrogen and oxygen atoms in total. The maximum Gasteiger partial charge on any atom is 0.264 e. The first-order chi connectivity index (χ1) is 17.4. The smallest absolute Gasteiger partial charge is 0.264 e. The van der Waals surface area contributed by atoms with Gasteiger partial charge in [-0.25, -0.2) is 8.42 Å². The molecule has 2 atom stereocenters. The van der Waals surface area contributed by atoms with Gasteiger partial charge in [-0.1, -0.05) is 54.9 Å². The van der Waals surface area contributed by atoms with E-state index >= 15 is 0 Å². The van der Waals surface area contributed by atoms with Crippen LogP contribution < -0.4 is 14.4 Å². The third-order valence-corrected chi connectivity index (χ3v) is 8.94. The third-order valence-electron chi connectivity index (χ3n) is 6.91. The first-order valence-corrected chi connectivity index (χ1v) is 14.1. The minimum atomic E-state index is -3.94. The van der Waals surface area contributed by atoms with Gasteiger partial charge in [-0.3, -0.25) is 9.10 Å². The molecule has 0 radical (unpaired) electrons. The number of nitrogens with zero attached hydrogens (tertiary/aromatic N) is 1. The molecular weight excluding hydrogens is 496 g/mol. The fraction of sp³-hybridized carbons (Fsp3) is 0.321. The number of halogens is 1. The molecule has 0 bridgehead atoms. The van der Waals surface area contributed by atoms with Crippen molar-refractivity contribution < 1.29 is 17.9 Å². The second kappa shape index (κ2) is 10.1. The molecule has 0 spiro atoms. The van der Waals surface area contributed by atoms with E-state index < -0.39 is 16.1 Å². The van der Waals surface area contributed by atoms with Crippen LogP contribution in [0.25, 0.3) is 0 Å². The highest BCUT2D eigenvalue weighted by Crippen LogP contribution is 2.39. The second-order valence-corrected chi connectivity index (χ2v) is 11.6. The third kappa shape index (κ3) is 4.82. The molecule has 8 heteroatoms. The molecule has 1 aliphatic heterocycles. The van der Waals surface area contributed by atoms with Gasteiger partial charge in [0.05, 0.1) is 23.2 Å². The number of amides is 1. The topological polar surface area (TPSA) is 75.7 Å². The van der Waals surface area contributed by atoms with E-state index in [1.807, 2.05) is 6.92 Å². The first kappa shape index (κ1) is 24.7. The van der Waals surface area contributed by atoms with Gasteiger partial charge in [0.2, 0.25) is 0 Å². The van der Waals surface area contributed by atoms with Crippen molar-refractivity contribution >= 4 is 33.2 Å². The van der Waals surface area contributed by atoms with Gasteiger partial charge >= 0.3 is 0 Å². The second-order valence-electron chi connectivity index (χ2n) is 9.27. The van der Waals surface area contributed by atoms with Gasteiger partial charge < -0.3 is 10.1 Å². The van der Waals surface area contributed by atoms with Crippen LogP contribution in [0.15, 0.2) is 71.6 Å². The molecule has 1 aliphatic carbocycles. The van der Waals surface area contributed by atoms with Crippen molar-refractivity contribution in [1.29, 1.82) is 0 Å². The molecule has 0 fully saturated rings. The van der Waals surface area contributed by atoms with E-state index in [0.29, 0.717) is 22.9 Å².